The number of esters is 1. The lowest BCUT2D eigenvalue weighted by molar-refractivity contribution is -0.160. The Hall–Kier alpha value is -1.77. The molecule has 222 valence electrons. The van der Waals surface area contributed by atoms with E-state index in [9.17, 15) is 4.79 Å². The van der Waals surface area contributed by atoms with Gasteiger partial charge in [0.25, 0.3) is 0 Å². The first kappa shape index (κ1) is 29.7. The predicted molar refractivity (Wildman–Crippen MR) is 164 cm³/mol. The van der Waals surface area contributed by atoms with Crippen LogP contribution in [0.3, 0.4) is 0 Å². The number of ether oxygens (including phenoxy) is 2. The summed E-state index contributed by atoms with van der Waals surface area (Å²) in [5, 5.41) is 0. The third-order valence-electron chi connectivity index (χ3n) is 12.1. The van der Waals surface area contributed by atoms with Gasteiger partial charge in [-0.25, -0.2) is 4.79 Å². The zero-order valence-electron chi connectivity index (χ0n) is 26.0. The molecule has 3 nitrogen and oxygen atoms in total. The summed E-state index contributed by atoms with van der Waals surface area (Å²) in [7, 11) is 0. The number of benzene rings is 1. The highest BCUT2D eigenvalue weighted by molar-refractivity contribution is 5.75. The summed E-state index contributed by atoms with van der Waals surface area (Å²) in [6.07, 6.45) is 22.7. The summed E-state index contributed by atoms with van der Waals surface area (Å²) in [6, 6.07) is 9.64. The standard InChI is InChI=1S/C37H56O3/c1-5-7-8-9-10-12-15-27-19-21-32-31-20-18-28-26-30(22-24-37(28,4)33(31)23-25-36(27,32)3)40-35(38)34(6-2)39-29-16-13-11-14-17-29/h11,13-14,16-18,27,30-34H,5-10,12,15,19-26H2,1-4H3/t27-,30+,31+,32-,33-,34-,36-,37+/m1/s1. The number of carbonyl (C=O) groups is 1. The van der Waals surface area contributed by atoms with Crippen LogP contribution in [0.5, 0.6) is 5.75 Å². The second-order valence-electron chi connectivity index (χ2n) is 14.3. The fraction of sp³-hybridized carbons (Fsp3) is 0.757. The van der Waals surface area contributed by atoms with Gasteiger partial charge in [-0.1, -0.05) is 96.1 Å². The van der Waals surface area contributed by atoms with Crippen LogP contribution in [0.25, 0.3) is 0 Å². The van der Waals surface area contributed by atoms with Crippen molar-refractivity contribution in [1.82, 2.24) is 0 Å². The Bertz CT molecular complexity index is 1000. The Morgan fingerprint density at radius 1 is 0.925 bits per heavy atom. The molecular formula is C37H56O3. The second kappa shape index (κ2) is 13.0. The zero-order chi connectivity index (χ0) is 28.2. The summed E-state index contributed by atoms with van der Waals surface area (Å²) >= 11 is 0. The minimum Gasteiger partial charge on any atom is -0.479 e. The average Bonchev–Trinajstić information content (AvgIpc) is 3.30. The molecule has 8 atom stereocenters. The summed E-state index contributed by atoms with van der Waals surface area (Å²) in [6.45, 7) is 9.55. The Balaban J connectivity index is 1.17. The fourth-order valence-corrected chi connectivity index (χ4v) is 9.68. The Morgan fingerprint density at radius 3 is 2.48 bits per heavy atom. The molecule has 0 radical (unpaired) electrons. The van der Waals surface area contributed by atoms with Crippen LogP contribution in [0, 0.1) is 34.5 Å². The molecule has 3 heteroatoms. The number of hydrogen-bond acceptors (Lipinski definition) is 3. The first-order chi connectivity index (χ1) is 19.4. The number of allylic oxidation sites excluding steroid dienone is 1. The fourth-order valence-electron chi connectivity index (χ4n) is 9.68. The van der Waals surface area contributed by atoms with E-state index in [4.69, 9.17) is 9.47 Å². The SMILES string of the molecule is CCCCCCCC[C@@H]1CC[C@@H]2[C@@H]3CC=C4C[C@@H](OC(=O)[C@@H](CC)Oc5ccccc5)CC[C@]4(C)[C@@H]3CC[C@]12C. The summed E-state index contributed by atoms with van der Waals surface area (Å²) in [5.74, 6) is 4.04. The molecule has 0 saturated heterocycles. The predicted octanol–water partition coefficient (Wildman–Crippen LogP) is 10.1. The van der Waals surface area contributed by atoms with E-state index in [0.717, 1.165) is 48.7 Å². The van der Waals surface area contributed by atoms with Crippen LogP contribution in [-0.4, -0.2) is 18.2 Å². The third kappa shape index (κ3) is 6.05. The zero-order valence-corrected chi connectivity index (χ0v) is 26.0. The summed E-state index contributed by atoms with van der Waals surface area (Å²) in [5.41, 5.74) is 2.43. The lowest BCUT2D eigenvalue weighted by atomic mass is 9.47. The molecule has 4 aliphatic rings. The van der Waals surface area contributed by atoms with Crippen LogP contribution >= 0.6 is 0 Å². The monoisotopic (exact) mass is 548 g/mol. The maximum Gasteiger partial charge on any atom is 0.347 e. The van der Waals surface area contributed by atoms with Crippen molar-refractivity contribution in [3.8, 4) is 5.75 Å². The van der Waals surface area contributed by atoms with E-state index < -0.39 is 6.10 Å². The normalized spacial score (nSPS) is 35.6. The van der Waals surface area contributed by atoms with Crippen molar-refractivity contribution in [3.63, 3.8) is 0 Å². The molecule has 0 heterocycles. The Morgan fingerprint density at radius 2 is 1.70 bits per heavy atom. The van der Waals surface area contributed by atoms with E-state index in [1.807, 2.05) is 37.3 Å². The molecule has 0 N–H and O–H groups in total. The van der Waals surface area contributed by atoms with Crippen molar-refractivity contribution >= 4 is 5.97 Å². The Kier molecular flexibility index (Phi) is 9.68. The van der Waals surface area contributed by atoms with Gasteiger partial charge >= 0.3 is 5.97 Å². The van der Waals surface area contributed by atoms with Gasteiger partial charge in [0, 0.05) is 6.42 Å². The number of unbranched alkanes of at least 4 members (excludes halogenated alkanes) is 5. The van der Waals surface area contributed by atoms with E-state index in [2.05, 4.69) is 26.8 Å². The second-order valence-corrected chi connectivity index (χ2v) is 14.3. The number of fused-ring (bicyclic) bond motifs is 5. The van der Waals surface area contributed by atoms with E-state index in [1.54, 1.807) is 5.57 Å². The molecule has 3 saturated carbocycles. The van der Waals surface area contributed by atoms with E-state index in [0.29, 0.717) is 11.8 Å². The molecule has 1 aromatic rings. The first-order valence-electron chi connectivity index (χ1n) is 17.0. The molecule has 4 aliphatic carbocycles. The van der Waals surface area contributed by atoms with Crippen molar-refractivity contribution in [2.75, 3.05) is 0 Å². The number of rotatable bonds is 12. The van der Waals surface area contributed by atoms with E-state index >= 15 is 0 Å². The largest absolute Gasteiger partial charge is 0.479 e. The lowest BCUT2D eigenvalue weighted by Crippen LogP contribution is -2.50. The van der Waals surface area contributed by atoms with Crippen LogP contribution in [0.4, 0.5) is 0 Å². The van der Waals surface area contributed by atoms with Crippen LogP contribution < -0.4 is 4.74 Å². The maximum atomic E-state index is 13.1. The van der Waals surface area contributed by atoms with Gasteiger partial charge in [0.15, 0.2) is 6.10 Å². The minimum absolute atomic E-state index is 0.0150. The number of hydrogen-bond donors (Lipinski definition) is 0. The lowest BCUT2D eigenvalue weighted by Gasteiger charge is -2.58. The van der Waals surface area contributed by atoms with Gasteiger partial charge in [-0.3, -0.25) is 0 Å². The highest BCUT2D eigenvalue weighted by Crippen LogP contribution is 2.66. The molecule has 3 fully saturated rings. The van der Waals surface area contributed by atoms with Gasteiger partial charge in [0.2, 0.25) is 0 Å². The van der Waals surface area contributed by atoms with Crippen LogP contribution in [-0.2, 0) is 9.53 Å². The van der Waals surface area contributed by atoms with Crippen LogP contribution in [0.15, 0.2) is 42.0 Å². The van der Waals surface area contributed by atoms with Gasteiger partial charge in [-0.05, 0) is 104 Å². The van der Waals surface area contributed by atoms with Crippen LogP contribution in [0.1, 0.15) is 130 Å². The maximum absolute atomic E-state index is 13.1. The molecule has 0 aliphatic heterocycles. The van der Waals surface area contributed by atoms with Crippen LogP contribution in [0.2, 0.25) is 0 Å². The van der Waals surface area contributed by atoms with Gasteiger partial charge in [-0.2, -0.15) is 0 Å². The van der Waals surface area contributed by atoms with E-state index in [1.165, 1.54) is 77.0 Å². The molecule has 0 bridgehead atoms. The quantitative estimate of drug-likeness (QED) is 0.148. The molecule has 0 unspecified atom stereocenters. The van der Waals surface area contributed by atoms with Crippen molar-refractivity contribution in [2.45, 2.75) is 143 Å². The van der Waals surface area contributed by atoms with Crippen molar-refractivity contribution in [3.05, 3.63) is 42.0 Å². The van der Waals surface area contributed by atoms with Crippen molar-refractivity contribution in [1.29, 1.82) is 0 Å². The van der Waals surface area contributed by atoms with Gasteiger partial charge in [-0.15, -0.1) is 0 Å². The molecule has 40 heavy (non-hydrogen) atoms. The van der Waals surface area contributed by atoms with E-state index in [-0.39, 0.29) is 17.5 Å². The summed E-state index contributed by atoms with van der Waals surface area (Å²) in [4.78, 5) is 13.1. The molecule has 0 amide bonds. The Labute approximate surface area is 244 Å². The number of carbonyl (C=O) groups excluding carboxylic acids is 1. The van der Waals surface area contributed by atoms with Gasteiger partial charge < -0.3 is 9.47 Å². The smallest absolute Gasteiger partial charge is 0.347 e. The molecular weight excluding hydrogens is 492 g/mol. The van der Waals surface area contributed by atoms with Gasteiger partial charge in [0.1, 0.15) is 11.9 Å². The first-order valence-corrected chi connectivity index (χ1v) is 17.0. The topological polar surface area (TPSA) is 35.5 Å². The molecule has 0 spiro atoms. The van der Waals surface area contributed by atoms with Crippen molar-refractivity contribution < 1.29 is 14.3 Å². The minimum atomic E-state index is -0.539. The number of para-hydroxylation sites is 1. The highest BCUT2D eigenvalue weighted by Gasteiger charge is 2.58. The molecule has 5 rings (SSSR count). The average molecular weight is 549 g/mol. The van der Waals surface area contributed by atoms with Crippen molar-refractivity contribution in [2.24, 2.45) is 34.5 Å². The molecule has 0 aromatic heterocycles. The molecule has 1 aromatic carbocycles. The van der Waals surface area contributed by atoms with Gasteiger partial charge in [0.05, 0.1) is 0 Å². The third-order valence-corrected chi connectivity index (χ3v) is 12.1. The highest BCUT2D eigenvalue weighted by atomic mass is 16.6. The summed E-state index contributed by atoms with van der Waals surface area (Å²) < 4.78 is 12.1.